The number of carbonyl (C=O) groups is 1. The van der Waals surface area contributed by atoms with Crippen molar-refractivity contribution in [1.82, 2.24) is 23.9 Å². The second kappa shape index (κ2) is 8.73. The molecule has 2 aromatic heterocycles. The highest BCUT2D eigenvalue weighted by Crippen LogP contribution is 2.28. The van der Waals surface area contributed by atoms with Crippen LogP contribution >= 0.6 is 23.4 Å². The lowest BCUT2D eigenvalue weighted by molar-refractivity contribution is -0.113. The van der Waals surface area contributed by atoms with Crippen molar-refractivity contribution in [3.05, 3.63) is 40.7 Å². The molecule has 1 fully saturated rings. The number of anilines is 1. The number of rotatable bonds is 6. The second-order valence-corrected chi connectivity index (χ2v) is 10.5. The van der Waals surface area contributed by atoms with Gasteiger partial charge in [-0.2, -0.15) is 9.29 Å². The fourth-order valence-electron chi connectivity index (χ4n) is 3.36. The molecule has 0 saturated carbocycles. The fourth-order valence-corrected chi connectivity index (χ4v) is 5.69. The van der Waals surface area contributed by atoms with Crippen LogP contribution < -0.4 is 5.32 Å². The molecular weight excluding hydrogens is 460 g/mol. The van der Waals surface area contributed by atoms with E-state index >= 15 is 0 Å². The first-order chi connectivity index (χ1) is 14.7. The van der Waals surface area contributed by atoms with Gasteiger partial charge in [-0.25, -0.2) is 17.9 Å². The highest BCUT2D eigenvalue weighted by molar-refractivity contribution is 7.99. The van der Waals surface area contributed by atoms with Crippen LogP contribution in [-0.4, -0.2) is 57.1 Å². The first kappa shape index (κ1) is 22.0. The summed E-state index contributed by atoms with van der Waals surface area (Å²) in [7, 11) is -3.60. The Labute approximate surface area is 189 Å². The first-order valence-corrected chi connectivity index (χ1v) is 12.5. The van der Waals surface area contributed by atoms with Crippen LogP contribution in [0.2, 0.25) is 5.02 Å². The number of nitrogens with zero attached hydrogens (tertiary/aromatic N) is 5. The number of aryl methyl sites for hydroxylation is 2. The van der Waals surface area contributed by atoms with Crippen LogP contribution in [0.4, 0.5) is 5.69 Å². The summed E-state index contributed by atoms with van der Waals surface area (Å²) in [5.74, 6) is 0.166. The van der Waals surface area contributed by atoms with E-state index in [4.69, 9.17) is 11.6 Å². The third kappa shape index (κ3) is 4.69. The maximum absolute atomic E-state index is 12.8. The Morgan fingerprint density at radius 2 is 1.94 bits per heavy atom. The number of carbonyl (C=O) groups excluding carboxylic acids is 1. The summed E-state index contributed by atoms with van der Waals surface area (Å²) >= 11 is 7.35. The van der Waals surface area contributed by atoms with Gasteiger partial charge in [-0.1, -0.05) is 23.4 Å². The van der Waals surface area contributed by atoms with Gasteiger partial charge in [0.2, 0.25) is 21.1 Å². The lowest BCUT2D eigenvalue weighted by Crippen LogP contribution is -2.28. The number of thioether (sulfide) groups is 1. The molecule has 0 unspecified atom stereocenters. The molecular formula is C19H21ClN6O3S2. The van der Waals surface area contributed by atoms with Gasteiger partial charge in [0.1, 0.15) is 0 Å². The largest absolute Gasteiger partial charge is 0.324 e. The molecule has 3 aromatic rings. The third-order valence-electron chi connectivity index (χ3n) is 4.85. The Kier molecular flexibility index (Phi) is 6.20. The minimum absolute atomic E-state index is 0.0361. The summed E-state index contributed by atoms with van der Waals surface area (Å²) in [6.45, 7) is 4.79. The van der Waals surface area contributed by atoms with Gasteiger partial charge in [0.25, 0.3) is 5.78 Å². The molecule has 3 heterocycles. The summed E-state index contributed by atoms with van der Waals surface area (Å²) in [6.07, 6.45) is 1.69. The number of hydrogen-bond donors (Lipinski definition) is 1. The van der Waals surface area contributed by atoms with Gasteiger partial charge in [0.05, 0.1) is 21.4 Å². The lowest BCUT2D eigenvalue weighted by atomic mass is 10.3. The molecule has 0 spiro atoms. The molecule has 1 amide bonds. The van der Waals surface area contributed by atoms with E-state index in [1.54, 1.807) is 4.52 Å². The third-order valence-corrected chi connectivity index (χ3v) is 7.91. The van der Waals surface area contributed by atoms with E-state index in [9.17, 15) is 13.2 Å². The smallest absolute Gasteiger partial charge is 0.253 e. The van der Waals surface area contributed by atoms with Gasteiger partial charge >= 0.3 is 0 Å². The number of fused-ring (bicyclic) bond motifs is 1. The van der Waals surface area contributed by atoms with E-state index in [-0.39, 0.29) is 27.3 Å². The number of nitrogens with one attached hydrogen (secondary N) is 1. The highest BCUT2D eigenvalue weighted by Gasteiger charge is 2.27. The lowest BCUT2D eigenvalue weighted by Gasteiger charge is -2.16. The van der Waals surface area contributed by atoms with Crippen molar-refractivity contribution >= 4 is 50.8 Å². The zero-order valence-electron chi connectivity index (χ0n) is 17.0. The van der Waals surface area contributed by atoms with Crippen LogP contribution in [0, 0.1) is 13.8 Å². The van der Waals surface area contributed by atoms with E-state index in [0.717, 1.165) is 36.0 Å². The fraction of sp³-hybridized carbons (Fsp3) is 0.368. The van der Waals surface area contributed by atoms with Crippen molar-refractivity contribution < 1.29 is 13.2 Å². The zero-order chi connectivity index (χ0) is 22.2. The van der Waals surface area contributed by atoms with Crippen LogP contribution in [0.1, 0.15) is 24.2 Å². The van der Waals surface area contributed by atoms with Crippen LogP contribution in [0.15, 0.2) is 34.3 Å². The summed E-state index contributed by atoms with van der Waals surface area (Å²) < 4.78 is 28.6. The monoisotopic (exact) mass is 480 g/mol. The van der Waals surface area contributed by atoms with E-state index in [0.29, 0.717) is 24.0 Å². The van der Waals surface area contributed by atoms with Crippen molar-refractivity contribution in [2.45, 2.75) is 36.7 Å². The average molecular weight is 481 g/mol. The van der Waals surface area contributed by atoms with Gasteiger partial charge in [-0.3, -0.25) is 4.79 Å². The van der Waals surface area contributed by atoms with Gasteiger partial charge in [0.15, 0.2) is 0 Å². The maximum atomic E-state index is 12.8. The van der Waals surface area contributed by atoms with Gasteiger partial charge in [0, 0.05) is 24.5 Å². The Bertz CT molecular complexity index is 1260. The quantitative estimate of drug-likeness (QED) is 0.540. The summed E-state index contributed by atoms with van der Waals surface area (Å²) in [5.41, 5.74) is 1.99. The Hall–Kier alpha value is -2.21. The van der Waals surface area contributed by atoms with Crippen molar-refractivity contribution in [2.24, 2.45) is 0 Å². The minimum atomic E-state index is -3.60. The molecule has 0 radical (unpaired) electrons. The van der Waals surface area contributed by atoms with Crippen LogP contribution in [0.3, 0.4) is 0 Å². The Balaban J connectivity index is 1.45. The number of benzene rings is 1. The standard InChI is InChI=1S/C19H21ClN6O3S2/c1-12-9-13(2)26-18(21-12)23-19(24-26)30-11-17(27)22-16-10-14(5-6-15(16)20)31(28,29)25-7-3-4-8-25/h5-6,9-10H,3-4,7-8,11H2,1-2H3,(H,22,27). The molecule has 31 heavy (non-hydrogen) atoms. The normalized spacial score (nSPS) is 14.9. The van der Waals surface area contributed by atoms with Gasteiger partial charge in [-0.05, 0) is 51.0 Å². The number of halogens is 1. The molecule has 1 aliphatic heterocycles. The molecule has 12 heteroatoms. The van der Waals surface area contributed by atoms with E-state index in [1.165, 1.54) is 22.5 Å². The number of aromatic nitrogens is 4. The second-order valence-electron chi connectivity index (χ2n) is 7.23. The van der Waals surface area contributed by atoms with Crippen molar-refractivity contribution in [1.29, 1.82) is 0 Å². The predicted molar refractivity (Wildman–Crippen MR) is 119 cm³/mol. The van der Waals surface area contributed by atoms with E-state index in [1.807, 2.05) is 19.9 Å². The van der Waals surface area contributed by atoms with E-state index < -0.39 is 10.0 Å². The minimum Gasteiger partial charge on any atom is -0.324 e. The van der Waals surface area contributed by atoms with Gasteiger partial charge in [-0.15, -0.1) is 5.10 Å². The number of sulfonamides is 1. The zero-order valence-corrected chi connectivity index (χ0v) is 19.4. The molecule has 1 aliphatic rings. The Morgan fingerprint density at radius 3 is 2.68 bits per heavy atom. The van der Waals surface area contributed by atoms with Crippen molar-refractivity contribution in [3.8, 4) is 0 Å². The predicted octanol–water partition coefficient (Wildman–Crippen LogP) is 2.91. The molecule has 0 aliphatic carbocycles. The molecule has 9 nitrogen and oxygen atoms in total. The molecule has 1 N–H and O–H groups in total. The Morgan fingerprint density at radius 1 is 1.19 bits per heavy atom. The summed E-state index contributed by atoms with van der Waals surface area (Å²) in [6, 6.07) is 6.23. The molecule has 1 aromatic carbocycles. The summed E-state index contributed by atoms with van der Waals surface area (Å²) in [4.78, 5) is 21.2. The molecule has 1 saturated heterocycles. The van der Waals surface area contributed by atoms with Crippen LogP contribution in [0.25, 0.3) is 5.78 Å². The number of hydrogen-bond acceptors (Lipinski definition) is 7. The highest BCUT2D eigenvalue weighted by atomic mass is 35.5. The molecule has 4 rings (SSSR count). The number of amides is 1. The van der Waals surface area contributed by atoms with Crippen LogP contribution in [-0.2, 0) is 14.8 Å². The van der Waals surface area contributed by atoms with Crippen molar-refractivity contribution in [3.63, 3.8) is 0 Å². The van der Waals surface area contributed by atoms with Crippen LogP contribution in [0.5, 0.6) is 0 Å². The first-order valence-electron chi connectivity index (χ1n) is 9.67. The van der Waals surface area contributed by atoms with E-state index in [2.05, 4.69) is 20.4 Å². The maximum Gasteiger partial charge on any atom is 0.253 e. The molecule has 0 atom stereocenters. The molecule has 0 bridgehead atoms. The SMILES string of the molecule is Cc1cc(C)n2nc(SCC(=O)Nc3cc(S(=O)(=O)N4CCCC4)ccc3Cl)nc2n1. The average Bonchev–Trinajstić information content (AvgIpc) is 3.38. The summed E-state index contributed by atoms with van der Waals surface area (Å²) in [5, 5.41) is 7.73. The van der Waals surface area contributed by atoms with Crippen molar-refractivity contribution in [2.75, 3.05) is 24.2 Å². The van der Waals surface area contributed by atoms with Gasteiger partial charge < -0.3 is 5.32 Å². The topological polar surface area (TPSA) is 110 Å². The molecule has 164 valence electrons.